The van der Waals surface area contributed by atoms with Crippen LogP contribution in [0.2, 0.25) is 0 Å². The van der Waals surface area contributed by atoms with Gasteiger partial charge in [-0.1, -0.05) is 19.8 Å². The number of carbonyl (C=O) groups excluding carboxylic acids is 1. The van der Waals surface area contributed by atoms with Gasteiger partial charge in [-0.05, 0) is 25.2 Å². The number of carboxylic acid groups (broad SMARTS) is 2. The van der Waals surface area contributed by atoms with Gasteiger partial charge in [0.15, 0.2) is 0 Å². The van der Waals surface area contributed by atoms with Crippen molar-refractivity contribution < 1.29 is 24.6 Å². The highest BCUT2D eigenvalue weighted by Gasteiger charge is 2.24. The Morgan fingerprint density at radius 2 is 1.95 bits per heavy atom. The van der Waals surface area contributed by atoms with E-state index in [4.69, 9.17) is 10.2 Å². The Morgan fingerprint density at radius 1 is 1.25 bits per heavy atom. The van der Waals surface area contributed by atoms with Crippen molar-refractivity contribution >= 4 is 18.0 Å². The number of amides is 2. The minimum Gasteiger partial charge on any atom is -0.481 e. The van der Waals surface area contributed by atoms with Crippen molar-refractivity contribution in [2.24, 2.45) is 5.92 Å². The molecule has 0 aliphatic heterocycles. The zero-order chi connectivity index (χ0) is 15.1. The van der Waals surface area contributed by atoms with Crippen molar-refractivity contribution in [3.8, 4) is 0 Å². The number of rotatable bonds is 6. The second kappa shape index (κ2) is 7.72. The van der Waals surface area contributed by atoms with E-state index in [2.05, 4.69) is 17.6 Å². The normalized spacial score (nSPS) is 23.6. The Morgan fingerprint density at radius 3 is 2.50 bits per heavy atom. The fourth-order valence-electron chi connectivity index (χ4n) is 2.48. The van der Waals surface area contributed by atoms with Crippen LogP contribution in [0.1, 0.15) is 45.4 Å². The van der Waals surface area contributed by atoms with Gasteiger partial charge in [-0.2, -0.15) is 0 Å². The van der Waals surface area contributed by atoms with Gasteiger partial charge in [0.25, 0.3) is 0 Å². The van der Waals surface area contributed by atoms with Crippen LogP contribution in [0.15, 0.2) is 0 Å². The molecule has 0 bridgehead atoms. The molecule has 3 atom stereocenters. The van der Waals surface area contributed by atoms with Gasteiger partial charge in [-0.15, -0.1) is 0 Å². The molecule has 114 valence electrons. The highest BCUT2D eigenvalue weighted by Crippen LogP contribution is 2.23. The Balaban J connectivity index is 2.40. The van der Waals surface area contributed by atoms with E-state index in [1.54, 1.807) is 0 Å². The topological polar surface area (TPSA) is 116 Å². The molecule has 0 aromatic rings. The first kappa shape index (κ1) is 16.3. The quantitative estimate of drug-likeness (QED) is 0.585. The van der Waals surface area contributed by atoms with Crippen molar-refractivity contribution in [2.45, 2.75) is 57.5 Å². The Bertz CT molecular complexity index is 372. The first-order chi connectivity index (χ1) is 9.38. The standard InChI is InChI=1S/C13H22N2O5/c1-8-3-2-4-9(7-8)14-13(20)15-10(12(18)19)5-6-11(16)17/h8-10H,2-7H2,1H3,(H,16,17)(H,18,19)(H2,14,15,20). The molecule has 3 unspecified atom stereocenters. The highest BCUT2D eigenvalue weighted by molar-refractivity contribution is 5.83. The number of hydrogen-bond donors (Lipinski definition) is 4. The molecule has 7 heteroatoms. The SMILES string of the molecule is CC1CCCC(NC(=O)NC(CCC(=O)O)C(=O)O)C1. The summed E-state index contributed by atoms with van der Waals surface area (Å²) in [7, 11) is 0. The predicted molar refractivity (Wildman–Crippen MR) is 71.4 cm³/mol. The summed E-state index contributed by atoms with van der Waals surface area (Å²) in [5.74, 6) is -1.76. The number of aliphatic carboxylic acids is 2. The van der Waals surface area contributed by atoms with Crippen LogP contribution in [-0.2, 0) is 9.59 Å². The highest BCUT2D eigenvalue weighted by atomic mass is 16.4. The molecular formula is C13H22N2O5. The van der Waals surface area contributed by atoms with Gasteiger partial charge in [0.1, 0.15) is 6.04 Å². The molecule has 20 heavy (non-hydrogen) atoms. The van der Waals surface area contributed by atoms with E-state index in [0.717, 1.165) is 25.7 Å². The van der Waals surface area contributed by atoms with Crippen LogP contribution in [0.25, 0.3) is 0 Å². The monoisotopic (exact) mass is 286 g/mol. The van der Waals surface area contributed by atoms with Crippen molar-refractivity contribution in [1.29, 1.82) is 0 Å². The summed E-state index contributed by atoms with van der Waals surface area (Å²) in [6.07, 6.45) is 3.56. The molecule has 0 spiro atoms. The second-order valence-electron chi connectivity index (χ2n) is 5.41. The predicted octanol–water partition coefficient (Wildman–Crippen LogP) is 1.18. The molecule has 1 saturated carbocycles. The molecule has 0 heterocycles. The maximum atomic E-state index is 11.7. The molecule has 2 amide bonds. The fraction of sp³-hybridized carbons (Fsp3) is 0.769. The van der Waals surface area contributed by atoms with Gasteiger partial charge < -0.3 is 20.8 Å². The van der Waals surface area contributed by atoms with Crippen molar-refractivity contribution in [2.75, 3.05) is 0 Å². The molecule has 0 aromatic carbocycles. The summed E-state index contributed by atoms with van der Waals surface area (Å²) in [4.78, 5) is 33.1. The summed E-state index contributed by atoms with van der Waals surface area (Å²) in [6, 6.07) is -1.65. The van der Waals surface area contributed by atoms with Crippen LogP contribution in [0, 0.1) is 5.92 Å². The number of carboxylic acids is 2. The smallest absolute Gasteiger partial charge is 0.326 e. The molecular weight excluding hydrogens is 264 g/mol. The van der Waals surface area contributed by atoms with Gasteiger partial charge in [0, 0.05) is 12.5 Å². The van der Waals surface area contributed by atoms with Crippen LogP contribution in [0.4, 0.5) is 4.79 Å². The lowest BCUT2D eigenvalue weighted by atomic mass is 9.87. The molecule has 4 N–H and O–H groups in total. The molecule has 7 nitrogen and oxygen atoms in total. The maximum absolute atomic E-state index is 11.7. The first-order valence-electron chi connectivity index (χ1n) is 6.90. The van der Waals surface area contributed by atoms with E-state index in [1.165, 1.54) is 0 Å². The van der Waals surface area contributed by atoms with E-state index >= 15 is 0 Å². The lowest BCUT2D eigenvalue weighted by Gasteiger charge is -2.28. The number of nitrogens with one attached hydrogen (secondary N) is 2. The van der Waals surface area contributed by atoms with Crippen LogP contribution in [-0.4, -0.2) is 40.3 Å². The van der Waals surface area contributed by atoms with Crippen LogP contribution in [0.5, 0.6) is 0 Å². The van der Waals surface area contributed by atoms with Gasteiger partial charge in [-0.25, -0.2) is 9.59 Å². The lowest BCUT2D eigenvalue weighted by Crippen LogP contribution is -2.50. The van der Waals surface area contributed by atoms with E-state index < -0.39 is 24.0 Å². The number of hydrogen-bond acceptors (Lipinski definition) is 3. The third-order valence-electron chi connectivity index (χ3n) is 3.52. The molecule has 1 aliphatic carbocycles. The fourth-order valence-corrected chi connectivity index (χ4v) is 2.48. The molecule has 0 radical (unpaired) electrons. The largest absolute Gasteiger partial charge is 0.481 e. The van der Waals surface area contributed by atoms with Crippen molar-refractivity contribution in [3.63, 3.8) is 0 Å². The minimum atomic E-state index is -1.22. The van der Waals surface area contributed by atoms with Crippen LogP contribution in [0.3, 0.4) is 0 Å². The lowest BCUT2D eigenvalue weighted by molar-refractivity contribution is -0.140. The van der Waals surface area contributed by atoms with Crippen molar-refractivity contribution in [1.82, 2.24) is 10.6 Å². The van der Waals surface area contributed by atoms with E-state index in [-0.39, 0.29) is 18.9 Å². The van der Waals surface area contributed by atoms with Gasteiger partial charge in [0.2, 0.25) is 0 Å². The molecule has 0 aromatic heterocycles. The zero-order valence-corrected chi connectivity index (χ0v) is 11.6. The van der Waals surface area contributed by atoms with E-state index in [1.807, 2.05) is 0 Å². The van der Waals surface area contributed by atoms with Gasteiger partial charge in [0.05, 0.1) is 0 Å². The summed E-state index contributed by atoms with van der Waals surface area (Å²) in [5, 5.41) is 22.6. The summed E-state index contributed by atoms with van der Waals surface area (Å²) >= 11 is 0. The molecule has 0 saturated heterocycles. The number of carbonyl (C=O) groups is 3. The van der Waals surface area contributed by atoms with Gasteiger partial charge >= 0.3 is 18.0 Å². The van der Waals surface area contributed by atoms with E-state index in [9.17, 15) is 14.4 Å². The Kier molecular flexibility index (Phi) is 6.27. The molecule has 1 rings (SSSR count). The summed E-state index contributed by atoms with van der Waals surface area (Å²) < 4.78 is 0. The average Bonchev–Trinajstić information content (AvgIpc) is 2.33. The zero-order valence-electron chi connectivity index (χ0n) is 11.6. The third-order valence-corrected chi connectivity index (χ3v) is 3.52. The van der Waals surface area contributed by atoms with E-state index in [0.29, 0.717) is 5.92 Å². The summed E-state index contributed by atoms with van der Waals surface area (Å²) in [6.45, 7) is 2.12. The maximum Gasteiger partial charge on any atom is 0.326 e. The number of urea groups is 1. The average molecular weight is 286 g/mol. The third kappa shape index (κ3) is 5.90. The molecule has 1 fully saturated rings. The minimum absolute atomic E-state index is 0.0627. The van der Waals surface area contributed by atoms with Gasteiger partial charge in [-0.3, -0.25) is 4.79 Å². The van der Waals surface area contributed by atoms with Crippen LogP contribution < -0.4 is 10.6 Å². The van der Waals surface area contributed by atoms with Crippen LogP contribution >= 0.6 is 0 Å². The first-order valence-corrected chi connectivity index (χ1v) is 6.90. The summed E-state index contributed by atoms with van der Waals surface area (Å²) in [5.41, 5.74) is 0. The Hall–Kier alpha value is -1.79. The molecule has 1 aliphatic rings. The second-order valence-corrected chi connectivity index (χ2v) is 5.41. The Labute approximate surface area is 117 Å². The van der Waals surface area contributed by atoms with Crippen molar-refractivity contribution in [3.05, 3.63) is 0 Å².